The van der Waals surface area contributed by atoms with Crippen LogP contribution >= 0.6 is 11.6 Å². The van der Waals surface area contributed by atoms with Crippen molar-refractivity contribution < 1.29 is 19.4 Å². The Balaban J connectivity index is 1.74. The number of hydrogen-bond donors (Lipinski definition) is 2. The number of nitrogens with one attached hydrogen (secondary N) is 1. The summed E-state index contributed by atoms with van der Waals surface area (Å²) in [7, 11) is 0. The second-order valence-electron chi connectivity index (χ2n) is 5.53. The molecular weight excluding hydrogens is 342 g/mol. The van der Waals surface area contributed by atoms with Crippen LogP contribution in [0.25, 0.3) is 0 Å². The van der Waals surface area contributed by atoms with Crippen molar-refractivity contribution in [3.8, 4) is 5.75 Å². The first-order valence-corrected chi connectivity index (χ1v) is 8.36. The molecule has 0 atom stereocenters. The van der Waals surface area contributed by atoms with Crippen molar-refractivity contribution in [1.82, 2.24) is 5.32 Å². The molecule has 5 nitrogen and oxygen atoms in total. The largest absolute Gasteiger partial charge is 0.494 e. The summed E-state index contributed by atoms with van der Waals surface area (Å²) >= 11 is 6.05. The van der Waals surface area contributed by atoms with Crippen LogP contribution in [0.1, 0.15) is 24.0 Å². The highest BCUT2D eigenvalue weighted by Gasteiger charge is 2.06. The third-order valence-corrected chi connectivity index (χ3v) is 3.89. The number of halogens is 1. The Morgan fingerprint density at radius 3 is 2.48 bits per heavy atom. The highest BCUT2D eigenvalue weighted by atomic mass is 35.5. The van der Waals surface area contributed by atoms with Gasteiger partial charge in [0.25, 0.3) is 0 Å². The first-order valence-electron chi connectivity index (χ1n) is 7.98. The number of carboxylic acids is 1. The fourth-order valence-corrected chi connectivity index (χ4v) is 2.40. The van der Waals surface area contributed by atoms with Gasteiger partial charge in [0, 0.05) is 18.0 Å². The van der Waals surface area contributed by atoms with Crippen LogP contribution in [0, 0.1) is 0 Å². The summed E-state index contributed by atoms with van der Waals surface area (Å²) in [6, 6.07) is 14.6. The van der Waals surface area contributed by atoms with Crippen molar-refractivity contribution >= 4 is 23.5 Å². The minimum Gasteiger partial charge on any atom is -0.494 e. The standard InChI is InChI=1S/C19H20ClNO4/c20-17-5-2-1-4-15(17)12-18(22)21-13-14-7-9-16(10-8-14)25-11-3-6-19(23)24/h1-2,4-5,7-10H,3,6,11-13H2,(H,21,22)(H,23,24). The van der Waals surface area contributed by atoms with E-state index in [0.29, 0.717) is 30.3 Å². The monoisotopic (exact) mass is 361 g/mol. The van der Waals surface area contributed by atoms with Crippen LogP contribution in [0.5, 0.6) is 5.75 Å². The minimum atomic E-state index is -0.827. The predicted octanol–water partition coefficient (Wildman–Crippen LogP) is 3.44. The molecule has 2 N–H and O–H groups in total. The first-order chi connectivity index (χ1) is 12.0. The van der Waals surface area contributed by atoms with E-state index in [1.807, 2.05) is 30.3 Å². The lowest BCUT2D eigenvalue weighted by molar-refractivity contribution is -0.137. The number of aliphatic carboxylic acids is 1. The van der Waals surface area contributed by atoms with Crippen LogP contribution in [0.2, 0.25) is 5.02 Å². The molecular formula is C19H20ClNO4. The number of amides is 1. The molecule has 25 heavy (non-hydrogen) atoms. The van der Waals surface area contributed by atoms with Crippen LogP contribution in [0.3, 0.4) is 0 Å². The Morgan fingerprint density at radius 2 is 1.80 bits per heavy atom. The maximum atomic E-state index is 12.0. The average Bonchev–Trinajstić information content (AvgIpc) is 2.60. The highest BCUT2D eigenvalue weighted by Crippen LogP contribution is 2.16. The Kier molecular flexibility index (Phi) is 7.29. The zero-order chi connectivity index (χ0) is 18.1. The van der Waals surface area contributed by atoms with E-state index in [2.05, 4.69) is 5.32 Å². The number of benzene rings is 2. The molecule has 0 aromatic heterocycles. The van der Waals surface area contributed by atoms with Gasteiger partial charge in [-0.25, -0.2) is 0 Å². The van der Waals surface area contributed by atoms with Gasteiger partial charge in [-0.15, -0.1) is 0 Å². The van der Waals surface area contributed by atoms with Gasteiger partial charge in [-0.05, 0) is 35.7 Å². The quantitative estimate of drug-likeness (QED) is 0.671. The van der Waals surface area contributed by atoms with Gasteiger partial charge in [0.15, 0.2) is 0 Å². The van der Waals surface area contributed by atoms with E-state index in [1.54, 1.807) is 18.2 Å². The number of rotatable bonds is 9. The highest BCUT2D eigenvalue weighted by molar-refractivity contribution is 6.31. The maximum Gasteiger partial charge on any atom is 0.303 e. The molecule has 0 unspecified atom stereocenters. The number of carbonyl (C=O) groups is 2. The van der Waals surface area contributed by atoms with E-state index in [4.69, 9.17) is 21.4 Å². The second-order valence-corrected chi connectivity index (χ2v) is 5.94. The van der Waals surface area contributed by atoms with Gasteiger partial charge in [-0.2, -0.15) is 0 Å². The van der Waals surface area contributed by atoms with Crippen molar-refractivity contribution in [1.29, 1.82) is 0 Å². The van der Waals surface area contributed by atoms with Crippen molar-refractivity contribution in [2.45, 2.75) is 25.8 Å². The smallest absolute Gasteiger partial charge is 0.303 e. The summed E-state index contributed by atoms with van der Waals surface area (Å²) in [5.41, 5.74) is 1.75. The molecule has 0 aliphatic heterocycles. The number of carbonyl (C=O) groups excluding carboxylic acids is 1. The maximum absolute atomic E-state index is 12.0. The Hall–Kier alpha value is -2.53. The van der Waals surface area contributed by atoms with Gasteiger partial charge >= 0.3 is 5.97 Å². The van der Waals surface area contributed by atoms with E-state index in [9.17, 15) is 9.59 Å². The van der Waals surface area contributed by atoms with E-state index in [-0.39, 0.29) is 18.7 Å². The molecule has 0 heterocycles. The molecule has 2 aromatic carbocycles. The van der Waals surface area contributed by atoms with Gasteiger partial charge < -0.3 is 15.2 Å². The Labute approximate surface area is 151 Å². The van der Waals surface area contributed by atoms with Crippen molar-refractivity contribution in [3.63, 3.8) is 0 Å². The molecule has 2 aromatic rings. The SMILES string of the molecule is O=C(O)CCCOc1ccc(CNC(=O)Cc2ccccc2Cl)cc1. The summed E-state index contributed by atoms with van der Waals surface area (Å²) in [4.78, 5) is 22.4. The van der Waals surface area contributed by atoms with Crippen LogP contribution in [0.15, 0.2) is 48.5 Å². The van der Waals surface area contributed by atoms with Crippen molar-refractivity contribution in [2.75, 3.05) is 6.61 Å². The van der Waals surface area contributed by atoms with E-state index < -0.39 is 5.97 Å². The molecule has 132 valence electrons. The average molecular weight is 362 g/mol. The molecule has 0 aliphatic carbocycles. The lowest BCUT2D eigenvalue weighted by Crippen LogP contribution is -2.24. The number of ether oxygens (including phenoxy) is 1. The summed E-state index contributed by atoms with van der Waals surface area (Å²) in [5, 5.41) is 12.0. The van der Waals surface area contributed by atoms with Crippen LogP contribution in [-0.4, -0.2) is 23.6 Å². The molecule has 1 amide bonds. The van der Waals surface area contributed by atoms with Crippen molar-refractivity contribution in [3.05, 3.63) is 64.7 Å². The predicted molar refractivity (Wildman–Crippen MR) is 95.8 cm³/mol. The fraction of sp³-hybridized carbons (Fsp3) is 0.263. The van der Waals surface area contributed by atoms with Gasteiger partial charge in [0.2, 0.25) is 5.91 Å². The molecule has 0 bridgehead atoms. The van der Waals surface area contributed by atoms with E-state index in [0.717, 1.165) is 11.1 Å². The third kappa shape index (κ3) is 6.85. The molecule has 0 saturated heterocycles. The molecule has 6 heteroatoms. The van der Waals surface area contributed by atoms with Crippen LogP contribution < -0.4 is 10.1 Å². The molecule has 0 radical (unpaired) electrons. The van der Waals surface area contributed by atoms with Gasteiger partial charge in [0.05, 0.1) is 13.0 Å². The molecule has 0 fully saturated rings. The van der Waals surface area contributed by atoms with E-state index >= 15 is 0 Å². The Bertz CT molecular complexity index is 716. The lowest BCUT2D eigenvalue weighted by Gasteiger charge is -2.08. The molecule has 0 spiro atoms. The fourth-order valence-electron chi connectivity index (χ4n) is 2.19. The summed E-state index contributed by atoms with van der Waals surface area (Å²) in [6.45, 7) is 0.781. The minimum absolute atomic E-state index is 0.0928. The zero-order valence-electron chi connectivity index (χ0n) is 13.7. The van der Waals surface area contributed by atoms with E-state index in [1.165, 1.54) is 0 Å². The molecule has 2 rings (SSSR count). The lowest BCUT2D eigenvalue weighted by atomic mass is 10.1. The first kappa shape index (κ1) is 18.8. The molecule has 0 aliphatic rings. The normalized spacial score (nSPS) is 10.3. The van der Waals surface area contributed by atoms with Crippen LogP contribution in [0.4, 0.5) is 0 Å². The Morgan fingerprint density at radius 1 is 1.08 bits per heavy atom. The third-order valence-electron chi connectivity index (χ3n) is 3.53. The summed E-state index contributed by atoms with van der Waals surface area (Å²) in [6.07, 6.45) is 0.801. The van der Waals surface area contributed by atoms with Gasteiger partial charge in [-0.3, -0.25) is 9.59 Å². The van der Waals surface area contributed by atoms with Crippen LogP contribution in [-0.2, 0) is 22.6 Å². The summed E-state index contributed by atoms with van der Waals surface area (Å²) < 4.78 is 5.46. The number of carboxylic acid groups (broad SMARTS) is 1. The number of hydrogen-bond acceptors (Lipinski definition) is 3. The van der Waals surface area contributed by atoms with Gasteiger partial charge in [0.1, 0.15) is 5.75 Å². The zero-order valence-corrected chi connectivity index (χ0v) is 14.5. The van der Waals surface area contributed by atoms with Crippen molar-refractivity contribution in [2.24, 2.45) is 0 Å². The van der Waals surface area contributed by atoms with Gasteiger partial charge in [-0.1, -0.05) is 41.9 Å². The summed E-state index contributed by atoms with van der Waals surface area (Å²) in [5.74, 6) is -0.245. The molecule has 0 saturated carbocycles. The topological polar surface area (TPSA) is 75.6 Å². The second kappa shape index (κ2) is 9.69.